The smallest absolute Gasteiger partial charge is 0.285 e. The van der Waals surface area contributed by atoms with Crippen LogP contribution in [0, 0.1) is 15.9 Å². The van der Waals surface area contributed by atoms with Crippen LogP contribution in [0.4, 0.5) is 10.1 Å². The number of aliphatic hydroxyl groups is 1. The van der Waals surface area contributed by atoms with Gasteiger partial charge in [0.25, 0.3) is 11.6 Å². The van der Waals surface area contributed by atoms with Gasteiger partial charge in [-0.25, -0.2) is 4.39 Å². The van der Waals surface area contributed by atoms with Crippen molar-refractivity contribution >= 4 is 5.69 Å². The Kier molecular flexibility index (Phi) is 3.49. The van der Waals surface area contributed by atoms with Crippen molar-refractivity contribution in [2.24, 2.45) is 5.73 Å². The number of hydrogen-bond acceptors (Lipinski definition) is 7. The van der Waals surface area contributed by atoms with Crippen molar-refractivity contribution < 1.29 is 18.9 Å². The van der Waals surface area contributed by atoms with Crippen molar-refractivity contribution in [3.8, 4) is 11.5 Å². The van der Waals surface area contributed by atoms with Gasteiger partial charge in [-0.05, 0) is 12.1 Å². The Morgan fingerprint density at radius 1 is 1.58 bits per heavy atom. The van der Waals surface area contributed by atoms with Gasteiger partial charge < -0.3 is 15.4 Å². The van der Waals surface area contributed by atoms with Crippen LogP contribution in [0.25, 0.3) is 11.5 Å². The average molecular weight is 268 g/mol. The molecule has 0 bridgehead atoms. The molecule has 1 unspecified atom stereocenters. The van der Waals surface area contributed by atoms with E-state index in [0.29, 0.717) is 0 Å². The molecule has 19 heavy (non-hydrogen) atoms. The highest BCUT2D eigenvalue weighted by Crippen LogP contribution is 2.29. The maximum atomic E-state index is 13.0. The topological polar surface area (TPSA) is 128 Å². The molecule has 0 aliphatic heterocycles. The predicted octanol–water partition coefficient (Wildman–Crippen LogP) is 0.776. The van der Waals surface area contributed by atoms with E-state index in [1.807, 2.05) is 0 Å². The van der Waals surface area contributed by atoms with E-state index in [1.165, 1.54) is 0 Å². The van der Waals surface area contributed by atoms with E-state index < -0.39 is 29.1 Å². The largest absolute Gasteiger partial charge is 0.394 e. The number of hydrogen-bond donors (Lipinski definition) is 2. The fourth-order valence-electron chi connectivity index (χ4n) is 1.41. The molecule has 8 nitrogen and oxygen atoms in total. The fourth-order valence-corrected chi connectivity index (χ4v) is 1.41. The number of halogens is 1. The van der Waals surface area contributed by atoms with Crippen molar-refractivity contribution in [3.05, 3.63) is 40.0 Å². The lowest BCUT2D eigenvalue weighted by Gasteiger charge is -1.99. The summed E-state index contributed by atoms with van der Waals surface area (Å²) in [6.07, 6.45) is 0. The Bertz CT molecular complexity index is 615. The van der Waals surface area contributed by atoms with Gasteiger partial charge in [0, 0.05) is 0 Å². The Hall–Kier alpha value is -2.39. The van der Waals surface area contributed by atoms with Crippen LogP contribution in [0.2, 0.25) is 0 Å². The molecule has 1 aromatic carbocycles. The molecule has 1 aromatic heterocycles. The van der Waals surface area contributed by atoms with Crippen LogP contribution in [0.15, 0.2) is 22.7 Å². The molecule has 100 valence electrons. The van der Waals surface area contributed by atoms with Crippen LogP contribution < -0.4 is 5.73 Å². The van der Waals surface area contributed by atoms with Crippen LogP contribution in [-0.4, -0.2) is 26.8 Å². The van der Waals surface area contributed by atoms with Gasteiger partial charge in [0.05, 0.1) is 23.6 Å². The molecular formula is C10H9FN4O4. The van der Waals surface area contributed by atoms with E-state index in [0.717, 1.165) is 18.2 Å². The number of nitro groups is 1. The number of nitro benzene ring substituents is 1. The summed E-state index contributed by atoms with van der Waals surface area (Å²) in [6, 6.07) is 2.11. The lowest BCUT2D eigenvalue weighted by atomic mass is 10.2. The number of benzene rings is 1. The number of nitrogens with two attached hydrogens (primary N) is 1. The first kappa shape index (κ1) is 13.1. The molecule has 0 amide bonds. The molecule has 0 aliphatic carbocycles. The first-order valence-electron chi connectivity index (χ1n) is 5.17. The average Bonchev–Trinajstić information content (AvgIpc) is 2.87. The van der Waals surface area contributed by atoms with Crippen molar-refractivity contribution in [2.45, 2.75) is 6.04 Å². The van der Waals surface area contributed by atoms with Crippen LogP contribution in [-0.2, 0) is 0 Å². The summed E-state index contributed by atoms with van der Waals surface area (Å²) in [5, 5.41) is 23.2. The van der Waals surface area contributed by atoms with Crippen molar-refractivity contribution in [2.75, 3.05) is 6.61 Å². The maximum absolute atomic E-state index is 13.0. The van der Waals surface area contributed by atoms with E-state index in [1.54, 1.807) is 0 Å². The molecule has 1 heterocycles. The van der Waals surface area contributed by atoms with E-state index in [9.17, 15) is 14.5 Å². The number of aliphatic hydroxyl groups excluding tert-OH is 1. The molecule has 1 atom stereocenters. The standard InChI is InChI=1S/C10H9FN4O4/c11-5-1-2-6(8(3-5)15(17)18)10-13-9(14-19-10)7(12)4-16/h1-3,7,16H,4,12H2. The van der Waals surface area contributed by atoms with Gasteiger partial charge in [-0.1, -0.05) is 5.16 Å². The second-order valence-electron chi connectivity index (χ2n) is 3.67. The van der Waals surface area contributed by atoms with Crippen molar-refractivity contribution in [1.29, 1.82) is 0 Å². The van der Waals surface area contributed by atoms with Gasteiger partial charge in [-0.3, -0.25) is 10.1 Å². The molecule has 0 spiro atoms. The Labute approximate surface area is 105 Å². The maximum Gasteiger partial charge on any atom is 0.285 e. The van der Waals surface area contributed by atoms with Crippen LogP contribution in [0.1, 0.15) is 11.9 Å². The molecule has 9 heteroatoms. The zero-order valence-electron chi connectivity index (χ0n) is 9.49. The molecule has 0 saturated heterocycles. The predicted molar refractivity (Wildman–Crippen MR) is 60.4 cm³/mol. The second-order valence-corrected chi connectivity index (χ2v) is 3.67. The third-order valence-corrected chi connectivity index (χ3v) is 2.36. The minimum atomic E-state index is -0.850. The van der Waals surface area contributed by atoms with Gasteiger partial charge in [0.15, 0.2) is 5.82 Å². The van der Waals surface area contributed by atoms with Crippen LogP contribution in [0.5, 0.6) is 0 Å². The van der Waals surface area contributed by atoms with E-state index in [-0.39, 0.29) is 17.3 Å². The van der Waals surface area contributed by atoms with E-state index in [2.05, 4.69) is 10.1 Å². The summed E-state index contributed by atoms with van der Waals surface area (Å²) in [6.45, 7) is -0.398. The van der Waals surface area contributed by atoms with Gasteiger partial charge in [0.2, 0.25) is 0 Å². The molecule has 3 N–H and O–H groups in total. The third kappa shape index (κ3) is 2.56. The molecule has 0 aliphatic rings. The number of aromatic nitrogens is 2. The van der Waals surface area contributed by atoms with Gasteiger partial charge in [-0.2, -0.15) is 4.98 Å². The minimum Gasteiger partial charge on any atom is -0.394 e. The monoisotopic (exact) mass is 268 g/mol. The second kappa shape index (κ2) is 5.08. The Balaban J connectivity index is 2.47. The first-order chi connectivity index (χ1) is 9.02. The number of rotatable bonds is 4. The lowest BCUT2D eigenvalue weighted by Crippen LogP contribution is -2.15. The van der Waals surface area contributed by atoms with E-state index >= 15 is 0 Å². The highest BCUT2D eigenvalue weighted by atomic mass is 19.1. The summed E-state index contributed by atoms with van der Waals surface area (Å²) in [5.41, 5.74) is 4.97. The third-order valence-electron chi connectivity index (χ3n) is 2.36. The van der Waals surface area contributed by atoms with Crippen LogP contribution in [0.3, 0.4) is 0 Å². The zero-order valence-corrected chi connectivity index (χ0v) is 9.49. The van der Waals surface area contributed by atoms with Crippen molar-refractivity contribution in [1.82, 2.24) is 10.1 Å². The zero-order chi connectivity index (χ0) is 14.0. The molecule has 2 aromatic rings. The quantitative estimate of drug-likeness (QED) is 0.619. The number of nitrogens with zero attached hydrogens (tertiary/aromatic N) is 3. The van der Waals surface area contributed by atoms with Gasteiger partial charge in [0.1, 0.15) is 11.4 Å². The van der Waals surface area contributed by atoms with Crippen molar-refractivity contribution in [3.63, 3.8) is 0 Å². The molecule has 0 radical (unpaired) electrons. The van der Waals surface area contributed by atoms with E-state index in [4.69, 9.17) is 15.4 Å². The molecular weight excluding hydrogens is 259 g/mol. The summed E-state index contributed by atoms with van der Waals surface area (Å²) in [4.78, 5) is 13.9. The minimum absolute atomic E-state index is 0.0103. The molecule has 2 rings (SSSR count). The lowest BCUT2D eigenvalue weighted by molar-refractivity contribution is -0.384. The summed E-state index contributed by atoms with van der Waals surface area (Å²) < 4.78 is 17.8. The Morgan fingerprint density at radius 2 is 2.32 bits per heavy atom. The molecule has 0 fully saturated rings. The van der Waals surface area contributed by atoms with Gasteiger partial charge in [-0.15, -0.1) is 0 Å². The van der Waals surface area contributed by atoms with Crippen LogP contribution >= 0.6 is 0 Å². The molecule has 0 saturated carbocycles. The summed E-state index contributed by atoms with van der Waals surface area (Å²) in [7, 11) is 0. The summed E-state index contributed by atoms with van der Waals surface area (Å²) in [5.74, 6) is -0.899. The first-order valence-corrected chi connectivity index (χ1v) is 5.17. The summed E-state index contributed by atoms with van der Waals surface area (Å²) >= 11 is 0. The highest BCUT2D eigenvalue weighted by Gasteiger charge is 2.22. The SMILES string of the molecule is NC(CO)c1noc(-c2ccc(F)cc2[N+](=O)[O-])n1. The highest BCUT2D eigenvalue weighted by molar-refractivity contribution is 5.66. The fraction of sp³-hybridized carbons (Fsp3) is 0.200. The normalized spacial score (nSPS) is 12.4. The Morgan fingerprint density at radius 3 is 2.95 bits per heavy atom. The van der Waals surface area contributed by atoms with Gasteiger partial charge >= 0.3 is 0 Å².